The smallest absolute Gasteiger partial charge is 0.217 e. The molecule has 29 heavy (non-hydrogen) atoms. The molecule has 4 nitrogen and oxygen atoms in total. The number of nitrogens with zero attached hydrogens (tertiary/aromatic N) is 2. The van der Waals surface area contributed by atoms with Crippen molar-refractivity contribution in [2.24, 2.45) is 0 Å². The first-order valence-corrected chi connectivity index (χ1v) is 10.5. The molecule has 154 valence electrons. The lowest BCUT2D eigenvalue weighted by atomic mass is 9.84. The molecule has 2 aliphatic heterocycles. The molecule has 1 N–H and O–H groups in total. The Morgan fingerprint density at radius 2 is 1.66 bits per heavy atom. The molecule has 5 heteroatoms. The van der Waals surface area contributed by atoms with Crippen LogP contribution in [0.15, 0.2) is 48.5 Å². The fraction of sp³-hybridized carbons (Fsp3) is 0.458. The number of likely N-dealkylation sites (tertiary alicyclic amines) is 2. The van der Waals surface area contributed by atoms with Gasteiger partial charge in [-0.25, -0.2) is 4.39 Å². The summed E-state index contributed by atoms with van der Waals surface area (Å²) in [6.07, 6.45) is 3.35. The van der Waals surface area contributed by atoms with Crippen molar-refractivity contribution >= 4 is 5.91 Å². The summed E-state index contributed by atoms with van der Waals surface area (Å²) in [5.74, 6) is -0.133. The molecule has 1 unspecified atom stereocenters. The van der Waals surface area contributed by atoms with Crippen molar-refractivity contribution in [1.29, 1.82) is 0 Å². The Hall–Kier alpha value is -2.24. The van der Waals surface area contributed by atoms with Crippen LogP contribution in [0.25, 0.3) is 11.1 Å². The third-order valence-electron chi connectivity index (χ3n) is 6.66. The summed E-state index contributed by atoms with van der Waals surface area (Å²) >= 11 is 0. The molecule has 0 bridgehead atoms. The third kappa shape index (κ3) is 4.51. The van der Waals surface area contributed by atoms with Crippen molar-refractivity contribution < 1.29 is 9.18 Å². The van der Waals surface area contributed by atoms with E-state index in [4.69, 9.17) is 0 Å². The summed E-state index contributed by atoms with van der Waals surface area (Å²) in [7, 11) is 2.20. The summed E-state index contributed by atoms with van der Waals surface area (Å²) in [4.78, 5) is 16.4. The monoisotopic (exact) mass is 395 g/mol. The van der Waals surface area contributed by atoms with Gasteiger partial charge in [-0.15, -0.1) is 0 Å². The van der Waals surface area contributed by atoms with Crippen molar-refractivity contribution in [2.75, 3.05) is 26.7 Å². The number of nitrogens with one attached hydrogen (secondary N) is 1. The lowest BCUT2D eigenvalue weighted by molar-refractivity contribution is -0.119. The van der Waals surface area contributed by atoms with Gasteiger partial charge >= 0.3 is 0 Å². The van der Waals surface area contributed by atoms with Crippen LogP contribution in [0.3, 0.4) is 0 Å². The van der Waals surface area contributed by atoms with Crippen LogP contribution >= 0.6 is 0 Å². The van der Waals surface area contributed by atoms with Gasteiger partial charge in [-0.2, -0.15) is 0 Å². The Balaban J connectivity index is 1.33. The van der Waals surface area contributed by atoms with Crippen molar-refractivity contribution in [1.82, 2.24) is 15.1 Å². The van der Waals surface area contributed by atoms with Crippen LogP contribution in [0.5, 0.6) is 0 Å². The first-order chi connectivity index (χ1) is 13.9. The number of carbonyl (C=O) groups excluding carboxylic acids is 1. The van der Waals surface area contributed by atoms with E-state index in [2.05, 4.69) is 46.4 Å². The largest absolute Gasteiger partial charge is 0.352 e. The molecule has 0 radical (unpaired) electrons. The number of rotatable bonds is 4. The number of amides is 1. The van der Waals surface area contributed by atoms with Gasteiger partial charge in [0.15, 0.2) is 0 Å². The van der Waals surface area contributed by atoms with Crippen molar-refractivity contribution in [3.8, 4) is 11.1 Å². The molecule has 0 saturated carbocycles. The van der Waals surface area contributed by atoms with Gasteiger partial charge in [-0.1, -0.05) is 36.4 Å². The van der Waals surface area contributed by atoms with Crippen LogP contribution in [-0.4, -0.2) is 54.0 Å². The number of piperidine rings is 1. The molecule has 2 aliphatic rings. The van der Waals surface area contributed by atoms with Crippen LogP contribution in [-0.2, 0) is 11.3 Å². The molecule has 2 saturated heterocycles. The van der Waals surface area contributed by atoms with Crippen molar-refractivity contribution in [3.63, 3.8) is 0 Å². The normalized spacial score (nSPS) is 22.1. The quantitative estimate of drug-likeness (QED) is 0.858. The second-order valence-corrected chi connectivity index (χ2v) is 8.69. The Bertz CT molecular complexity index is 841. The van der Waals surface area contributed by atoms with E-state index in [-0.39, 0.29) is 23.3 Å². The average molecular weight is 396 g/mol. The molecule has 1 spiro atoms. The van der Waals surface area contributed by atoms with Crippen LogP contribution in [0.1, 0.15) is 31.7 Å². The molecule has 1 atom stereocenters. The second-order valence-electron chi connectivity index (χ2n) is 8.69. The van der Waals surface area contributed by atoms with Crippen LogP contribution in [0, 0.1) is 5.82 Å². The third-order valence-corrected chi connectivity index (χ3v) is 6.66. The molecule has 0 aromatic heterocycles. The zero-order chi connectivity index (χ0) is 20.4. The van der Waals surface area contributed by atoms with Gasteiger partial charge in [0, 0.05) is 44.7 Å². The number of benzene rings is 2. The standard InChI is InChI=1S/C24H30FN3O/c1-18(29)26-23-15-24(27(2)17-23)11-13-28(14-12-24)16-19-3-5-20(6-4-19)21-7-9-22(25)10-8-21/h3-10,23H,11-17H2,1-2H3,(H,26,29). The van der Waals surface area contributed by atoms with Crippen molar-refractivity contribution in [3.05, 3.63) is 59.9 Å². The van der Waals surface area contributed by atoms with E-state index in [1.165, 1.54) is 17.7 Å². The summed E-state index contributed by atoms with van der Waals surface area (Å²) in [6, 6.07) is 15.5. The van der Waals surface area contributed by atoms with Gasteiger partial charge in [-0.05, 0) is 55.1 Å². The summed E-state index contributed by atoms with van der Waals surface area (Å²) in [5.41, 5.74) is 3.69. The summed E-state index contributed by atoms with van der Waals surface area (Å²) in [6.45, 7) is 5.67. The summed E-state index contributed by atoms with van der Waals surface area (Å²) < 4.78 is 13.1. The zero-order valence-corrected chi connectivity index (χ0v) is 17.3. The second kappa shape index (κ2) is 8.25. The summed E-state index contributed by atoms with van der Waals surface area (Å²) in [5, 5.41) is 3.10. The first kappa shape index (κ1) is 20.0. The average Bonchev–Trinajstić information content (AvgIpc) is 2.99. The van der Waals surface area contributed by atoms with Crippen LogP contribution < -0.4 is 5.32 Å². The Morgan fingerprint density at radius 3 is 2.24 bits per heavy atom. The molecule has 2 fully saturated rings. The van der Waals surface area contributed by atoms with E-state index < -0.39 is 0 Å². The maximum absolute atomic E-state index is 13.1. The maximum atomic E-state index is 13.1. The van der Waals surface area contributed by atoms with Gasteiger partial charge in [0.05, 0.1) is 0 Å². The Kier molecular flexibility index (Phi) is 5.70. The molecule has 2 heterocycles. The topological polar surface area (TPSA) is 35.6 Å². The minimum Gasteiger partial charge on any atom is -0.352 e. The Morgan fingerprint density at radius 1 is 1.07 bits per heavy atom. The van der Waals surface area contributed by atoms with E-state index >= 15 is 0 Å². The van der Waals surface area contributed by atoms with E-state index in [0.29, 0.717) is 0 Å². The number of hydrogen-bond acceptors (Lipinski definition) is 3. The van der Waals surface area contributed by atoms with E-state index in [1.807, 2.05) is 12.1 Å². The molecule has 1 amide bonds. The fourth-order valence-electron chi connectivity index (χ4n) is 5.00. The van der Waals surface area contributed by atoms with Gasteiger partial charge in [0.2, 0.25) is 5.91 Å². The van der Waals surface area contributed by atoms with Crippen LogP contribution in [0.4, 0.5) is 4.39 Å². The highest BCUT2D eigenvalue weighted by Gasteiger charge is 2.45. The number of carbonyl (C=O) groups is 1. The van der Waals surface area contributed by atoms with Gasteiger partial charge < -0.3 is 5.32 Å². The van der Waals surface area contributed by atoms with E-state index in [9.17, 15) is 9.18 Å². The van der Waals surface area contributed by atoms with E-state index in [0.717, 1.165) is 56.6 Å². The molecule has 2 aromatic carbocycles. The SMILES string of the molecule is CC(=O)NC1CN(C)C2(CCN(Cc3ccc(-c4ccc(F)cc4)cc3)CC2)C1. The number of hydrogen-bond donors (Lipinski definition) is 1. The molecular formula is C24H30FN3O. The Labute approximate surface area is 172 Å². The minimum absolute atomic E-state index is 0.0713. The minimum atomic E-state index is -0.204. The highest BCUT2D eigenvalue weighted by molar-refractivity contribution is 5.73. The molecule has 2 aromatic rings. The highest BCUT2D eigenvalue weighted by atomic mass is 19.1. The van der Waals surface area contributed by atoms with Gasteiger partial charge in [-0.3, -0.25) is 14.6 Å². The molecule has 4 rings (SSSR count). The molecule has 0 aliphatic carbocycles. The number of halogens is 1. The molecular weight excluding hydrogens is 365 g/mol. The first-order valence-electron chi connectivity index (χ1n) is 10.5. The fourth-order valence-corrected chi connectivity index (χ4v) is 5.00. The van der Waals surface area contributed by atoms with Gasteiger partial charge in [0.25, 0.3) is 0 Å². The predicted molar refractivity (Wildman–Crippen MR) is 114 cm³/mol. The lowest BCUT2D eigenvalue weighted by Crippen LogP contribution is -2.50. The van der Waals surface area contributed by atoms with Crippen LogP contribution in [0.2, 0.25) is 0 Å². The number of likely N-dealkylation sites (N-methyl/N-ethyl adjacent to an activating group) is 1. The predicted octanol–water partition coefficient (Wildman–Crippen LogP) is 3.67. The zero-order valence-electron chi connectivity index (χ0n) is 17.3. The van der Waals surface area contributed by atoms with Crippen molar-refractivity contribution in [2.45, 2.75) is 44.3 Å². The highest BCUT2D eigenvalue weighted by Crippen LogP contribution is 2.37. The van der Waals surface area contributed by atoms with Gasteiger partial charge in [0.1, 0.15) is 5.82 Å². The lowest BCUT2D eigenvalue weighted by Gasteiger charge is -2.43. The maximum Gasteiger partial charge on any atom is 0.217 e. The van der Waals surface area contributed by atoms with E-state index in [1.54, 1.807) is 6.92 Å².